The van der Waals surface area contributed by atoms with E-state index in [2.05, 4.69) is 141 Å². The Hall–Kier alpha value is -4.47. The van der Waals surface area contributed by atoms with Gasteiger partial charge in [0, 0.05) is 35.0 Å². The molecule has 0 amide bonds. The normalized spacial score (nSPS) is 12.4. The zero-order chi connectivity index (χ0) is 35.6. The van der Waals surface area contributed by atoms with Crippen molar-refractivity contribution < 1.29 is 25.8 Å². The number of pyridine rings is 1. The summed E-state index contributed by atoms with van der Waals surface area (Å²) >= 11 is 0. The van der Waals surface area contributed by atoms with E-state index in [0.717, 1.165) is 44.4 Å². The van der Waals surface area contributed by atoms with Gasteiger partial charge in [0.25, 0.3) is 0 Å². The molecule has 51 heavy (non-hydrogen) atoms. The van der Waals surface area contributed by atoms with Crippen molar-refractivity contribution in [3.63, 3.8) is 0 Å². The first-order valence-electron chi connectivity index (χ1n) is 17.4. The molecule has 0 aliphatic carbocycles. The van der Waals surface area contributed by atoms with Gasteiger partial charge in [-0.1, -0.05) is 98.2 Å². The third kappa shape index (κ3) is 6.94. The van der Waals surface area contributed by atoms with Crippen LogP contribution >= 0.6 is 0 Å². The molecule has 0 radical (unpaired) electrons. The minimum Gasteiger partial charge on any atom is -0.509 e. The Morgan fingerprint density at radius 1 is 0.686 bits per heavy atom. The van der Waals surface area contributed by atoms with E-state index in [0.29, 0.717) is 11.5 Å². The minimum absolute atomic E-state index is 0. The standard InChI is InChI=1S/C45H46N4O.Pt/c1-29-22-23-46-40(24-29)49-38-17-12-11-16-34(38)35-19-18-33(26-39(35)49)50-32-15-13-14-31(25-32)48-28-30(27-47-48)41-36(43(2,3)4)20-21-37(44(5,6)7)42(41)45(8,9)10;/h11-24,27-28H,1-10H3;/q-2;+2. The van der Waals surface area contributed by atoms with E-state index in [9.17, 15) is 0 Å². The first-order chi connectivity index (χ1) is 23.6. The van der Waals surface area contributed by atoms with Crippen molar-refractivity contribution in [1.29, 1.82) is 0 Å². The van der Waals surface area contributed by atoms with Crippen molar-refractivity contribution in [2.45, 2.75) is 85.5 Å². The van der Waals surface area contributed by atoms with Gasteiger partial charge in [0.1, 0.15) is 5.82 Å². The number of hydrogen-bond acceptors (Lipinski definition) is 3. The average molecular weight is 854 g/mol. The summed E-state index contributed by atoms with van der Waals surface area (Å²) in [6, 6.07) is 34.2. The first-order valence-corrected chi connectivity index (χ1v) is 17.4. The monoisotopic (exact) mass is 853 g/mol. The van der Waals surface area contributed by atoms with Gasteiger partial charge in [-0.25, -0.2) is 4.98 Å². The molecule has 0 atom stereocenters. The molecule has 3 heterocycles. The van der Waals surface area contributed by atoms with Crippen molar-refractivity contribution in [1.82, 2.24) is 19.3 Å². The Morgan fingerprint density at radius 2 is 1.39 bits per heavy atom. The molecule has 0 fully saturated rings. The maximum atomic E-state index is 6.45. The summed E-state index contributed by atoms with van der Waals surface area (Å²) in [5.74, 6) is 2.05. The van der Waals surface area contributed by atoms with Gasteiger partial charge in [0.05, 0.1) is 6.20 Å². The number of hydrogen-bond donors (Lipinski definition) is 0. The Balaban J connectivity index is 0.00000448. The van der Waals surface area contributed by atoms with Crippen LogP contribution in [0.15, 0.2) is 97.5 Å². The van der Waals surface area contributed by atoms with Gasteiger partial charge < -0.3 is 9.30 Å². The van der Waals surface area contributed by atoms with Crippen LogP contribution in [0.2, 0.25) is 0 Å². The Kier molecular flexibility index (Phi) is 9.44. The Morgan fingerprint density at radius 3 is 2.10 bits per heavy atom. The first kappa shape index (κ1) is 36.3. The van der Waals surface area contributed by atoms with Crippen LogP contribution in [0.25, 0.3) is 44.4 Å². The molecule has 0 aliphatic rings. The zero-order valence-corrected chi connectivity index (χ0v) is 33.5. The average Bonchev–Trinajstić information content (AvgIpc) is 3.66. The maximum Gasteiger partial charge on any atom is 2.00 e. The smallest absolute Gasteiger partial charge is 0.509 e. The van der Waals surface area contributed by atoms with Crippen LogP contribution in [0.4, 0.5) is 0 Å². The topological polar surface area (TPSA) is 44.9 Å². The van der Waals surface area contributed by atoms with Crippen LogP contribution in [0.1, 0.15) is 84.6 Å². The number of ether oxygens (including phenoxy) is 1. The minimum atomic E-state index is -0.0695. The van der Waals surface area contributed by atoms with Gasteiger partial charge >= 0.3 is 21.1 Å². The number of rotatable bonds is 5. The van der Waals surface area contributed by atoms with Crippen LogP contribution in [0, 0.1) is 19.1 Å². The van der Waals surface area contributed by atoms with Crippen LogP contribution in [0.3, 0.4) is 0 Å². The van der Waals surface area contributed by atoms with E-state index < -0.39 is 0 Å². The number of nitrogens with zero attached hydrogens (tertiary/aromatic N) is 4. The molecule has 3 aromatic heterocycles. The molecule has 7 aromatic rings. The largest absolute Gasteiger partial charge is 2.00 e. The molecule has 4 aromatic carbocycles. The summed E-state index contributed by atoms with van der Waals surface area (Å²) < 4.78 is 10.5. The Bertz CT molecular complexity index is 2380. The number of para-hydroxylation sites is 1. The van der Waals surface area contributed by atoms with E-state index in [-0.39, 0.29) is 37.3 Å². The molecule has 7 rings (SSSR count). The molecule has 0 saturated heterocycles. The number of aromatic nitrogens is 4. The molecule has 6 heteroatoms. The third-order valence-corrected chi connectivity index (χ3v) is 9.35. The van der Waals surface area contributed by atoms with Crippen molar-refractivity contribution in [2.75, 3.05) is 0 Å². The quantitative estimate of drug-likeness (QED) is 0.162. The van der Waals surface area contributed by atoms with Gasteiger partial charge in [0.2, 0.25) is 0 Å². The SMILES string of the molecule is Cc1ccnc(-n2c3[c-]c(Oc4[c-]c(-n5cc(-c6c(C(C)(C)C)ccc(C(C)(C)C)c6C(C)(C)C)cn5)ccc4)ccc3c3ccccc32)c1.[Pt+2]. The van der Waals surface area contributed by atoms with Crippen LogP contribution in [-0.2, 0) is 37.3 Å². The van der Waals surface area contributed by atoms with Gasteiger partial charge in [-0.05, 0) is 80.3 Å². The van der Waals surface area contributed by atoms with Gasteiger partial charge in [0.15, 0.2) is 0 Å². The summed E-state index contributed by atoms with van der Waals surface area (Å²) in [5.41, 5.74) is 10.3. The molecule has 0 aliphatic heterocycles. The Labute approximate surface area is 317 Å². The van der Waals surface area contributed by atoms with Gasteiger partial charge in [-0.2, -0.15) is 17.2 Å². The van der Waals surface area contributed by atoms with Crippen molar-refractivity contribution in [3.8, 4) is 34.1 Å². The van der Waals surface area contributed by atoms with Crippen molar-refractivity contribution in [3.05, 3.63) is 132 Å². The van der Waals surface area contributed by atoms with E-state index >= 15 is 0 Å². The molecule has 0 unspecified atom stereocenters. The predicted octanol–water partition coefficient (Wildman–Crippen LogP) is 11.6. The van der Waals surface area contributed by atoms with E-state index in [1.165, 1.54) is 22.3 Å². The molecular formula is C45H46N4OPt. The summed E-state index contributed by atoms with van der Waals surface area (Å²) in [4.78, 5) is 4.71. The maximum absolute atomic E-state index is 6.45. The predicted molar refractivity (Wildman–Crippen MR) is 206 cm³/mol. The van der Waals surface area contributed by atoms with E-state index in [1.54, 1.807) is 0 Å². The summed E-state index contributed by atoms with van der Waals surface area (Å²) in [7, 11) is 0. The van der Waals surface area contributed by atoms with Gasteiger partial charge in [-0.3, -0.25) is 4.68 Å². The van der Waals surface area contributed by atoms with Crippen LogP contribution in [-0.4, -0.2) is 19.3 Å². The molecule has 0 saturated carbocycles. The van der Waals surface area contributed by atoms with E-state index in [4.69, 9.17) is 14.8 Å². The second kappa shape index (κ2) is 13.3. The van der Waals surface area contributed by atoms with Crippen molar-refractivity contribution in [2.24, 2.45) is 0 Å². The zero-order valence-electron chi connectivity index (χ0n) is 31.3. The fourth-order valence-electron chi connectivity index (χ4n) is 7.08. The molecule has 0 bridgehead atoms. The van der Waals surface area contributed by atoms with Gasteiger partial charge in [-0.15, -0.1) is 35.7 Å². The number of aryl methyl sites for hydroxylation is 1. The van der Waals surface area contributed by atoms with E-state index in [1.807, 2.05) is 47.4 Å². The second-order valence-corrected chi connectivity index (χ2v) is 16.5. The molecular weight excluding hydrogens is 808 g/mol. The number of benzene rings is 4. The summed E-state index contributed by atoms with van der Waals surface area (Å²) in [6.07, 6.45) is 5.97. The second-order valence-electron chi connectivity index (χ2n) is 16.5. The van der Waals surface area contributed by atoms with Crippen molar-refractivity contribution >= 4 is 21.8 Å². The molecule has 5 nitrogen and oxygen atoms in total. The number of fused-ring (bicyclic) bond motifs is 3. The van der Waals surface area contributed by atoms with Crippen LogP contribution in [0.5, 0.6) is 11.5 Å². The fraction of sp³-hybridized carbons (Fsp3) is 0.289. The summed E-state index contributed by atoms with van der Waals surface area (Å²) in [6.45, 7) is 22.8. The fourth-order valence-corrected chi connectivity index (χ4v) is 7.08. The van der Waals surface area contributed by atoms with Crippen LogP contribution < -0.4 is 4.74 Å². The summed E-state index contributed by atoms with van der Waals surface area (Å²) in [5, 5.41) is 7.12. The third-order valence-electron chi connectivity index (χ3n) is 9.35. The molecule has 0 spiro atoms. The molecule has 0 N–H and O–H groups in total. The molecule has 262 valence electrons.